The summed E-state index contributed by atoms with van der Waals surface area (Å²) < 4.78 is 2.29. The smallest absolute Gasteiger partial charge is 0.337 e. The van der Waals surface area contributed by atoms with Crippen LogP contribution < -0.4 is 0 Å². The van der Waals surface area contributed by atoms with Gasteiger partial charge in [0.25, 0.3) is 0 Å². The lowest BCUT2D eigenvalue weighted by atomic mass is 9.54. The third-order valence-corrected chi connectivity index (χ3v) is 5.91. The van der Waals surface area contributed by atoms with Crippen molar-refractivity contribution in [3.05, 3.63) is 23.5 Å². The second kappa shape index (κ2) is 3.87. The zero-order valence-electron chi connectivity index (χ0n) is 11.4. The number of hydrogen-bond donors (Lipinski definition) is 1. The number of nitrogens with zero attached hydrogens (tertiary/aromatic N) is 1. The third kappa shape index (κ3) is 1.60. The Morgan fingerprint density at radius 3 is 2.21 bits per heavy atom. The van der Waals surface area contributed by atoms with Crippen LogP contribution in [0.2, 0.25) is 0 Å². The third-order valence-electron chi connectivity index (χ3n) is 5.91. The summed E-state index contributed by atoms with van der Waals surface area (Å²) in [5, 5.41) is 9.22. The van der Waals surface area contributed by atoms with Crippen molar-refractivity contribution in [1.82, 2.24) is 4.57 Å². The molecule has 0 saturated heterocycles. The normalized spacial score (nSPS) is 39.7. The molecule has 1 N–H and O–H groups in total. The fourth-order valence-electron chi connectivity index (χ4n) is 5.43. The molecular weight excluding hydrogens is 238 g/mol. The Morgan fingerprint density at radius 2 is 1.74 bits per heavy atom. The Labute approximate surface area is 113 Å². The molecule has 1 heterocycles. The van der Waals surface area contributed by atoms with Crippen molar-refractivity contribution in [3.8, 4) is 0 Å². The molecule has 4 bridgehead atoms. The van der Waals surface area contributed by atoms with Gasteiger partial charge in [-0.25, -0.2) is 4.79 Å². The Balaban J connectivity index is 1.71. The van der Waals surface area contributed by atoms with Gasteiger partial charge < -0.3 is 9.67 Å². The standard InChI is InChI=1S/C16H21NO2/c1-9-14(16(18)19)2-3-17(9)15-12-5-10-4-11(7-12)8-13(15)6-10/h2-3,10-13,15H,4-8H2,1H3,(H,18,19). The van der Waals surface area contributed by atoms with Crippen LogP contribution in [0.4, 0.5) is 0 Å². The van der Waals surface area contributed by atoms with E-state index in [0.717, 1.165) is 29.4 Å². The molecule has 4 saturated carbocycles. The zero-order valence-corrected chi connectivity index (χ0v) is 11.4. The van der Waals surface area contributed by atoms with Crippen molar-refractivity contribution in [2.24, 2.45) is 23.7 Å². The van der Waals surface area contributed by atoms with Gasteiger partial charge >= 0.3 is 5.97 Å². The molecule has 4 fully saturated rings. The average molecular weight is 259 g/mol. The predicted octanol–water partition coefficient (Wildman–Crippen LogP) is 3.49. The number of rotatable bonds is 2. The van der Waals surface area contributed by atoms with E-state index in [2.05, 4.69) is 4.57 Å². The fourth-order valence-corrected chi connectivity index (χ4v) is 5.43. The lowest BCUT2D eigenvalue weighted by Gasteiger charge is -2.55. The molecule has 102 valence electrons. The molecule has 5 rings (SSSR count). The van der Waals surface area contributed by atoms with Crippen LogP contribution in [-0.4, -0.2) is 15.6 Å². The van der Waals surface area contributed by atoms with Crippen LogP contribution >= 0.6 is 0 Å². The Bertz CT molecular complexity index is 503. The molecule has 4 aliphatic carbocycles. The summed E-state index contributed by atoms with van der Waals surface area (Å²) in [6, 6.07) is 2.35. The minimum atomic E-state index is -0.792. The van der Waals surface area contributed by atoms with Crippen LogP contribution in [0.3, 0.4) is 0 Å². The minimum Gasteiger partial charge on any atom is -0.478 e. The highest BCUT2D eigenvalue weighted by Crippen LogP contribution is 2.58. The molecular formula is C16H21NO2. The van der Waals surface area contributed by atoms with Crippen molar-refractivity contribution < 1.29 is 9.90 Å². The second-order valence-electron chi connectivity index (χ2n) is 6.95. The van der Waals surface area contributed by atoms with Crippen LogP contribution in [0.5, 0.6) is 0 Å². The highest BCUT2D eigenvalue weighted by Gasteiger charge is 2.49. The zero-order chi connectivity index (χ0) is 13.1. The quantitative estimate of drug-likeness (QED) is 0.883. The lowest BCUT2D eigenvalue weighted by molar-refractivity contribution is -0.0296. The van der Waals surface area contributed by atoms with E-state index in [1.54, 1.807) is 6.07 Å². The van der Waals surface area contributed by atoms with Crippen LogP contribution in [0.1, 0.15) is 54.2 Å². The molecule has 0 spiro atoms. The molecule has 1 aromatic heterocycles. The number of carboxylic acids is 1. The Hall–Kier alpha value is -1.25. The summed E-state index contributed by atoms with van der Waals surface area (Å²) in [6.07, 6.45) is 8.97. The van der Waals surface area contributed by atoms with Gasteiger partial charge in [-0.05, 0) is 68.8 Å². The van der Waals surface area contributed by atoms with E-state index in [4.69, 9.17) is 0 Å². The molecule has 3 nitrogen and oxygen atoms in total. The van der Waals surface area contributed by atoms with Crippen molar-refractivity contribution >= 4 is 5.97 Å². The van der Waals surface area contributed by atoms with E-state index in [1.807, 2.05) is 13.1 Å². The first kappa shape index (κ1) is 11.6. The molecule has 19 heavy (non-hydrogen) atoms. The second-order valence-corrected chi connectivity index (χ2v) is 6.95. The minimum absolute atomic E-state index is 0.480. The van der Waals surface area contributed by atoms with Crippen LogP contribution in [0.15, 0.2) is 12.3 Å². The van der Waals surface area contributed by atoms with Gasteiger partial charge in [-0.3, -0.25) is 0 Å². The van der Waals surface area contributed by atoms with E-state index in [9.17, 15) is 9.90 Å². The lowest BCUT2D eigenvalue weighted by Crippen LogP contribution is -2.46. The van der Waals surface area contributed by atoms with Crippen molar-refractivity contribution in [2.45, 2.75) is 45.1 Å². The highest BCUT2D eigenvalue weighted by molar-refractivity contribution is 5.89. The molecule has 0 aliphatic heterocycles. The van der Waals surface area contributed by atoms with Gasteiger partial charge in [0.15, 0.2) is 0 Å². The molecule has 0 aromatic carbocycles. The van der Waals surface area contributed by atoms with Gasteiger partial charge in [-0.2, -0.15) is 0 Å². The van der Waals surface area contributed by atoms with Gasteiger partial charge in [-0.15, -0.1) is 0 Å². The maximum atomic E-state index is 11.2. The van der Waals surface area contributed by atoms with Gasteiger partial charge in [0.1, 0.15) is 0 Å². The molecule has 0 amide bonds. The highest BCUT2D eigenvalue weighted by atomic mass is 16.4. The number of hydrogen-bond acceptors (Lipinski definition) is 1. The molecule has 0 unspecified atom stereocenters. The van der Waals surface area contributed by atoms with E-state index in [-0.39, 0.29) is 0 Å². The molecule has 3 heteroatoms. The van der Waals surface area contributed by atoms with Crippen molar-refractivity contribution in [1.29, 1.82) is 0 Å². The summed E-state index contributed by atoms with van der Waals surface area (Å²) in [4.78, 5) is 11.2. The van der Waals surface area contributed by atoms with Crippen LogP contribution in [0.25, 0.3) is 0 Å². The summed E-state index contributed by atoms with van der Waals surface area (Å²) >= 11 is 0. The number of carbonyl (C=O) groups is 1. The average Bonchev–Trinajstić information content (AvgIpc) is 2.70. The summed E-state index contributed by atoms with van der Waals surface area (Å²) in [5.74, 6) is 2.73. The van der Waals surface area contributed by atoms with Gasteiger partial charge in [0.05, 0.1) is 5.56 Å². The molecule has 0 radical (unpaired) electrons. The molecule has 0 atom stereocenters. The number of aromatic nitrogens is 1. The summed E-state index contributed by atoms with van der Waals surface area (Å²) in [6.45, 7) is 1.97. The maximum Gasteiger partial charge on any atom is 0.337 e. The van der Waals surface area contributed by atoms with Crippen LogP contribution in [0, 0.1) is 30.6 Å². The SMILES string of the molecule is Cc1c(C(=O)O)ccn1C1C2CC3CC(C2)CC1C3. The molecule has 1 aromatic rings. The van der Waals surface area contributed by atoms with E-state index < -0.39 is 5.97 Å². The Morgan fingerprint density at radius 1 is 1.16 bits per heavy atom. The van der Waals surface area contributed by atoms with Crippen molar-refractivity contribution in [2.75, 3.05) is 0 Å². The fraction of sp³-hybridized carbons (Fsp3) is 0.688. The summed E-state index contributed by atoms with van der Waals surface area (Å²) in [7, 11) is 0. The number of carboxylic acid groups (broad SMARTS) is 1. The van der Waals surface area contributed by atoms with Gasteiger partial charge in [-0.1, -0.05) is 0 Å². The van der Waals surface area contributed by atoms with Crippen molar-refractivity contribution in [3.63, 3.8) is 0 Å². The van der Waals surface area contributed by atoms with E-state index in [0.29, 0.717) is 11.6 Å². The largest absolute Gasteiger partial charge is 0.478 e. The number of aromatic carboxylic acids is 1. The van der Waals surface area contributed by atoms with E-state index >= 15 is 0 Å². The monoisotopic (exact) mass is 259 g/mol. The van der Waals surface area contributed by atoms with Gasteiger partial charge in [0.2, 0.25) is 0 Å². The Kier molecular flexibility index (Phi) is 2.36. The summed E-state index contributed by atoms with van der Waals surface area (Å²) in [5.41, 5.74) is 1.43. The van der Waals surface area contributed by atoms with E-state index in [1.165, 1.54) is 32.1 Å². The van der Waals surface area contributed by atoms with Gasteiger partial charge in [0, 0.05) is 17.9 Å². The first-order valence-corrected chi connectivity index (χ1v) is 7.54. The maximum absolute atomic E-state index is 11.2. The topological polar surface area (TPSA) is 42.2 Å². The molecule has 4 aliphatic rings. The first-order valence-electron chi connectivity index (χ1n) is 7.54. The predicted molar refractivity (Wildman–Crippen MR) is 72.2 cm³/mol. The first-order chi connectivity index (χ1) is 9.13. The van der Waals surface area contributed by atoms with Crippen LogP contribution in [-0.2, 0) is 0 Å².